The lowest BCUT2D eigenvalue weighted by atomic mass is 9.84. The number of ether oxygens (including phenoxy) is 1. The van der Waals surface area contributed by atoms with E-state index >= 15 is 0 Å². The van der Waals surface area contributed by atoms with Crippen LogP contribution in [0.5, 0.6) is 0 Å². The van der Waals surface area contributed by atoms with Gasteiger partial charge in [-0.15, -0.1) is 0 Å². The molecule has 1 aliphatic rings. The van der Waals surface area contributed by atoms with Crippen LogP contribution in [0.4, 0.5) is 0 Å². The first kappa shape index (κ1) is 6.50. The maximum Gasteiger partial charge on any atom is 0.514 e. The lowest BCUT2D eigenvalue weighted by molar-refractivity contribution is 0.00578. The summed E-state index contributed by atoms with van der Waals surface area (Å²) < 4.78 is 76.6. The van der Waals surface area contributed by atoms with Crippen LogP contribution in [0.3, 0.4) is 0 Å². The van der Waals surface area contributed by atoms with Crippen molar-refractivity contribution in [3.05, 3.63) is 23.8 Å². The molecule has 1 aliphatic heterocycles. The topological polar surface area (TPSA) is 40.6 Å². The molecule has 0 spiro atoms. The van der Waals surface area contributed by atoms with E-state index in [9.17, 15) is 0 Å². The fourth-order valence-corrected chi connectivity index (χ4v) is 1.46. The first-order chi connectivity index (χ1) is 11.5. The molecular formula is C13H20BNO3. The molecule has 0 saturated carbocycles. The smallest absolute Gasteiger partial charge is 0.398 e. The molecule has 0 amide bonds. The molecule has 1 fully saturated rings. The summed E-state index contributed by atoms with van der Waals surface area (Å²) >= 11 is 0. The Morgan fingerprint density at radius 3 is 2.67 bits per heavy atom. The molecule has 5 heteroatoms. The van der Waals surface area contributed by atoms with E-state index in [4.69, 9.17) is 20.3 Å². The van der Waals surface area contributed by atoms with Crippen molar-refractivity contribution in [3.8, 4) is 0 Å². The largest absolute Gasteiger partial charge is 0.514 e. The van der Waals surface area contributed by atoms with E-state index in [1.807, 2.05) is 0 Å². The Kier molecular flexibility index (Phi) is 1.68. The Morgan fingerprint density at radius 1 is 1.39 bits per heavy atom. The molecule has 1 saturated heterocycles. The highest BCUT2D eigenvalue weighted by Gasteiger charge is 2.52. The van der Waals surface area contributed by atoms with Crippen molar-refractivity contribution in [2.75, 3.05) is 7.04 Å². The van der Waals surface area contributed by atoms with E-state index in [1.165, 1.54) is 0 Å². The maximum absolute atomic E-state index is 8.11. The highest BCUT2D eigenvalue weighted by molar-refractivity contribution is 6.61. The molecule has 98 valence electrons. The fraction of sp³-hybridized carbons (Fsp3) is 0.615. The number of aromatic nitrogens is 1. The van der Waals surface area contributed by atoms with Crippen molar-refractivity contribution in [2.45, 2.75) is 45.5 Å². The number of hydrogen-bond donors (Lipinski definition) is 0. The van der Waals surface area contributed by atoms with Crippen molar-refractivity contribution in [1.29, 1.82) is 0 Å². The highest BCUT2D eigenvalue weighted by atomic mass is 16.7. The fourth-order valence-electron chi connectivity index (χ4n) is 1.46. The molecule has 0 atom stereocenters. The zero-order chi connectivity index (χ0) is 20.3. The predicted octanol–water partition coefficient (Wildman–Crippen LogP) is 1.53. The zero-order valence-corrected chi connectivity index (χ0v) is 10.7. The minimum atomic E-state index is -3.09. The molecule has 1 aromatic heterocycles. The van der Waals surface area contributed by atoms with Gasteiger partial charge in [0.25, 0.3) is 0 Å². The van der Waals surface area contributed by atoms with E-state index in [1.54, 1.807) is 27.7 Å². The predicted molar refractivity (Wildman–Crippen MR) is 70.7 cm³/mol. The molecule has 0 N–H and O–H groups in total. The average molecular weight is 257 g/mol. The minimum Gasteiger partial charge on any atom is -0.398 e. The van der Waals surface area contributed by atoms with Crippen molar-refractivity contribution < 1.29 is 25.0 Å². The van der Waals surface area contributed by atoms with Crippen LogP contribution in [-0.4, -0.2) is 30.3 Å². The van der Waals surface area contributed by atoms with E-state index in [0.29, 0.717) is 0 Å². The van der Waals surface area contributed by atoms with Crippen LogP contribution in [0.1, 0.15) is 44.2 Å². The van der Waals surface area contributed by atoms with Gasteiger partial charge in [-0.1, -0.05) is 6.04 Å². The van der Waals surface area contributed by atoms with Gasteiger partial charge in [-0.3, -0.25) is 4.98 Å². The van der Waals surface area contributed by atoms with Gasteiger partial charge in [-0.05, 0) is 39.3 Å². The monoisotopic (exact) mass is 257 g/mol. The molecule has 0 unspecified atom stereocenters. The second-order valence-corrected chi connectivity index (χ2v) is 5.03. The minimum absolute atomic E-state index is 0.146. The number of nitrogens with zero attached hydrogens (tertiary/aromatic N) is 1. The quantitative estimate of drug-likeness (QED) is 0.770. The summed E-state index contributed by atoms with van der Waals surface area (Å²) in [6.07, 6.45) is -0.718. The summed E-state index contributed by atoms with van der Waals surface area (Å²) in [5.41, 5.74) is -2.34. The second-order valence-electron chi connectivity index (χ2n) is 5.03. The summed E-state index contributed by atoms with van der Waals surface area (Å²) in [5.74, 6) is 0. The van der Waals surface area contributed by atoms with Gasteiger partial charge in [-0.2, -0.15) is 0 Å². The zero-order valence-electron chi connectivity index (χ0n) is 18.7. The Labute approximate surface area is 120 Å². The van der Waals surface area contributed by atoms with E-state index < -0.39 is 55.7 Å². The van der Waals surface area contributed by atoms with Crippen LogP contribution in [0.2, 0.25) is 0 Å². The third-order valence-corrected chi connectivity index (χ3v) is 3.23. The third kappa shape index (κ3) is 2.43. The molecule has 0 bridgehead atoms. The molecule has 0 aromatic carbocycles. The molecule has 18 heavy (non-hydrogen) atoms. The first-order valence-corrected chi connectivity index (χ1v) is 5.52. The molecule has 1 aromatic rings. The number of hydrogen-bond acceptors (Lipinski definition) is 4. The third-order valence-electron chi connectivity index (χ3n) is 3.23. The number of pyridine rings is 1. The van der Waals surface area contributed by atoms with Crippen LogP contribution in [-0.2, 0) is 20.6 Å². The highest BCUT2D eigenvalue weighted by Crippen LogP contribution is 2.36. The normalized spacial score (nSPS) is 29.2. The summed E-state index contributed by atoms with van der Waals surface area (Å²) in [4.78, 5) is 3.85. The van der Waals surface area contributed by atoms with Gasteiger partial charge in [-0.25, -0.2) is 0 Å². The Balaban J connectivity index is 2.50. The average Bonchev–Trinajstić information content (AvgIpc) is 2.59. The molecule has 2 rings (SSSR count). The maximum atomic E-state index is 8.11. The van der Waals surface area contributed by atoms with E-state index in [-0.39, 0.29) is 5.59 Å². The van der Waals surface area contributed by atoms with Crippen molar-refractivity contribution in [1.82, 2.24) is 4.98 Å². The molecule has 0 radical (unpaired) electrons. The van der Waals surface area contributed by atoms with E-state index in [0.717, 1.165) is 0 Å². The SMILES string of the molecule is [2H]c1nc(B2OC(C)(C)C(C)(C)O2)c([2H])c([2H])c1C([2H])([2H])OC([2H])([2H])[2H]. The lowest BCUT2D eigenvalue weighted by Crippen LogP contribution is -2.41. The van der Waals surface area contributed by atoms with Gasteiger partial charge in [0, 0.05) is 13.2 Å². The Morgan fingerprint density at radius 2 is 2.06 bits per heavy atom. The van der Waals surface area contributed by atoms with Gasteiger partial charge in [0.15, 0.2) is 0 Å². The summed E-state index contributed by atoms with van der Waals surface area (Å²) in [7, 11) is -4.20. The van der Waals surface area contributed by atoms with Crippen molar-refractivity contribution in [3.63, 3.8) is 0 Å². The van der Waals surface area contributed by atoms with E-state index in [2.05, 4.69) is 9.72 Å². The Hall–Kier alpha value is -0.905. The Bertz CT molecular complexity index is 706. The van der Waals surface area contributed by atoms with Crippen molar-refractivity contribution in [2.24, 2.45) is 0 Å². The van der Waals surface area contributed by atoms with Crippen molar-refractivity contribution >= 4 is 12.7 Å². The standard InChI is InChI=1S/C13H20BNO3/c1-12(2)13(3,4)18-14(17-12)11-7-6-10(8-15-11)9-16-5/h6-8H,9H2,1-5H3/i5D3,6D,7D,8D,9D2. The summed E-state index contributed by atoms with van der Waals surface area (Å²) in [5, 5.41) is 0. The van der Waals surface area contributed by atoms with Gasteiger partial charge in [0.05, 0.1) is 34.3 Å². The second kappa shape index (κ2) is 4.65. The number of methoxy groups -OCH3 is 1. The molecule has 2 heterocycles. The van der Waals surface area contributed by atoms with Crippen LogP contribution < -0.4 is 5.59 Å². The van der Waals surface area contributed by atoms with Gasteiger partial charge < -0.3 is 14.0 Å². The van der Waals surface area contributed by atoms with Crippen LogP contribution in [0, 0.1) is 0 Å². The van der Waals surface area contributed by atoms with Gasteiger partial charge in [0.2, 0.25) is 0 Å². The molecular weight excluding hydrogens is 229 g/mol. The summed E-state index contributed by atoms with van der Waals surface area (Å²) in [6, 6.07) is -1.23. The lowest BCUT2D eigenvalue weighted by Gasteiger charge is -2.32. The summed E-state index contributed by atoms with van der Waals surface area (Å²) in [6.45, 7) is 4.17. The number of rotatable bonds is 3. The van der Waals surface area contributed by atoms with Gasteiger partial charge >= 0.3 is 7.12 Å². The first-order valence-electron chi connectivity index (χ1n) is 9.52. The molecule has 0 aliphatic carbocycles. The van der Waals surface area contributed by atoms with Crippen LogP contribution in [0.25, 0.3) is 0 Å². The molecule has 4 nitrogen and oxygen atoms in total. The van der Waals surface area contributed by atoms with Crippen LogP contribution in [0.15, 0.2) is 18.3 Å². The van der Waals surface area contributed by atoms with Crippen LogP contribution >= 0.6 is 0 Å². The van der Waals surface area contributed by atoms with Gasteiger partial charge in [0.1, 0.15) is 0 Å².